The van der Waals surface area contributed by atoms with Gasteiger partial charge in [-0.3, -0.25) is 0 Å². The van der Waals surface area contributed by atoms with Crippen LogP contribution < -0.4 is 0 Å². The van der Waals surface area contributed by atoms with Gasteiger partial charge in [0.05, 0.1) is 5.52 Å². The molecule has 3 heteroatoms. The van der Waals surface area contributed by atoms with E-state index in [-0.39, 0.29) is 0 Å². The van der Waals surface area contributed by atoms with E-state index in [1.807, 2.05) is 30.0 Å². The topological polar surface area (TPSA) is 12.9 Å². The van der Waals surface area contributed by atoms with Crippen LogP contribution in [-0.4, -0.2) is 10.7 Å². The van der Waals surface area contributed by atoms with Crippen molar-refractivity contribution in [1.82, 2.24) is 4.98 Å². The van der Waals surface area contributed by atoms with Gasteiger partial charge in [0.15, 0.2) is 0 Å². The molecule has 0 bridgehead atoms. The molecule has 1 heterocycles. The molecule has 0 amide bonds. The Balaban J connectivity index is 2.06. The minimum Gasteiger partial charge on any atom is -0.236 e. The van der Waals surface area contributed by atoms with Crippen LogP contribution in [0.5, 0.6) is 0 Å². The lowest BCUT2D eigenvalue weighted by Gasteiger charge is -2.07. The summed E-state index contributed by atoms with van der Waals surface area (Å²) in [6.45, 7) is 4.51. The highest BCUT2D eigenvalue weighted by Crippen LogP contribution is 2.24. The van der Waals surface area contributed by atoms with Crippen molar-refractivity contribution >= 4 is 34.3 Å². The summed E-state index contributed by atoms with van der Waals surface area (Å²) in [4.78, 5) is 4.44. The van der Waals surface area contributed by atoms with Crippen molar-refractivity contribution in [3.05, 3.63) is 41.0 Å². The Morgan fingerprint density at radius 3 is 2.83 bits per heavy atom. The zero-order valence-electron chi connectivity index (χ0n) is 10.8. The molecule has 0 N–H and O–H groups in total. The van der Waals surface area contributed by atoms with Crippen molar-refractivity contribution in [3.8, 4) is 0 Å². The van der Waals surface area contributed by atoms with Crippen LogP contribution in [0.25, 0.3) is 10.9 Å². The highest BCUT2D eigenvalue weighted by atomic mass is 35.5. The summed E-state index contributed by atoms with van der Waals surface area (Å²) in [5, 5.41) is 1.81. The lowest BCUT2D eigenvalue weighted by Crippen LogP contribution is -1.92. The average molecular weight is 280 g/mol. The molecule has 1 aromatic carbocycles. The van der Waals surface area contributed by atoms with Crippen LogP contribution in [0, 0.1) is 5.92 Å². The Labute approximate surface area is 118 Å². The second-order valence-corrected chi connectivity index (χ2v) is 6.33. The Bertz CT molecular complexity index is 525. The number of nitrogens with zero attached hydrogens (tertiary/aromatic N) is 1. The van der Waals surface area contributed by atoms with Gasteiger partial charge in [-0.2, -0.15) is 11.8 Å². The number of fused-ring (bicyclic) bond motifs is 1. The van der Waals surface area contributed by atoms with Crippen LogP contribution in [-0.2, 0) is 5.75 Å². The maximum Gasteiger partial charge on any atom is 0.133 e. The number of para-hydroxylation sites is 1. The SMILES string of the molecule is CC(C)CCSCc1cc2ccccc2nc1Cl. The molecule has 96 valence electrons. The number of thioether (sulfide) groups is 1. The molecule has 0 saturated heterocycles. The molecule has 0 radical (unpaired) electrons. The number of halogens is 1. The lowest BCUT2D eigenvalue weighted by molar-refractivity contribution is 0.632. The molecule has 0 unspecified atom stereocenters. The molecule has 0 fully saturated rings. The minimum absolute atomic E-state index is 0.644. The maximum absolute atomic E-state index is 6.22. The number of rotatable bonds is 5. The van der Waals surface area contributed by atoms with Crippen LogP contribution in [0.2, 0.25) is 5.15 Å². The van der Waals surface area contributed by atoms with Gasteiger partial charge in [-0.05, 0) is 30.2 Å². The van der Waals surface area contributed by atoms with Crippen LogP contribution in [0.15, 0.2) is 30.3 Å². The molecule has 0 spiro atoms. The molecule has 2 rings (SSSR count). The third-order valence-electron chi connectivity index (χ3n) is 2.85. The Kier molecular flexibility index (Phi) is 4.90. The average Bonchev–Trinajstić information content (AvgIpc) is 2.34. The van der Waals surface area contributed by atoms with Gasteiger partial charge in [0.2, 0.25) is 0 Å². The Morgan fingerprint density at radius 2 is 2.06 bits per heavy atom. The first-order chi connectivity index (χ1) is 8.66. The van der Waals surface area contributed by atoms with Gasteiger partial charge in [-0.25, -0.2) is 4.98 Å². The van der Waals surface area contributed by atoms with E-state index in [4.69, 9.17) is 11.6 Å². The molecular formula is C15H18ClNS. The molecule has 0 aliphatic rings. The maximum atomic E-state index is 6.22. The Hall–Kier alpha value is -0.730. The molecule has 1 nitrogen and oxygen atoms in total. The fourth-order valence-electron chi connectivity index (χ4n) is 1.74. The van der Waals surface area contributed by atoms with E-state index in [1.54, 1.807) is 0 Å². The quantitative estimate of drug-likeness (QED) is 0.553. The summed E-state index contributed by atoms with van der Waals surface area (Å²) in [5.41, 5.74) is 2.11. The van der Waals surface area contributed by atoms with Crippen LogP contribution >= 0.6 is 23.4 Å². The van der Waals surface area contributed by atoms with E-state index in [0.717, 1.165) is 22.8 Å². The van der Waals surface area contributed by atoms with E-state index < -0.39 is 0 Å². The van der Waals surface area contributed by atoms with Crippen molar-refractivity contribution in [2.45, 2.75) is 26.0 Å². The number of pyridine rings is 1. The highest BCUT2D eigenvalue weighted by molar-refractivity contribution is 7.98. The van der Waals surface area contributed by atoms with Crippen LogP contribution in [0.1, 0.15) is 25.8 Å². The summed E-state index contributed by atoms with van der Waals surface area (Å²) < 4.78 is 0. The van der Waals surface area contributed by atoms with Gasteiger partial charge in [0, 0.05) is 16.7 Å². The van der Waals surface area contributed by atoms with Gasteiger partial charge in [0.25, 0.3) is 0 Å². The standard InChI is InChI=1S/C15H18ClNS/c1-11(2)7-8-18-10-13-9-12-5-3-4-6-14(12)17-15(13)16/h3-6,9,11H,7-8,10H2,1-2H3. The van der Waals surface area contributed by atoms with Gasteiger partial charge in [-0.15, -0.1) is 0 Å². The predicted octanol–water partition coefficient (Wildman–Crippen LogP) is 5.17. The van der Waals surface area contributed by atoms with Crippen molar-refractivity contribution in [1.29, 1.82) is 0 Å². The van der Waals surface area contributed by atoms with Crippen molar-refractivity contribution in [2.24, 2.45) is 5.92 Å². The van der Waals surface area contributed by atoms with Gasteiger partial charge in [0.1, 0.15) is 5.15 Å². The first kappa shape index (κ1) is 13.7. The van der Waals surface area contributed by atoms with E-state index in [9.17, 15) is 0 Å². The summed E-state index contributed by atoms with van der Waals surface area (Å²) in [7, 11) is 0. The molecule has 2 aromatic rings. The highest BCUT2D eigenvalue weighted by Gasteiger charge is 2.05. The van der Waals surface area contributed by atoms with Crippen molar-refractivity contribution in [2.75, 3.05) is 5.75 Å². The van der Waals surface area contributed by atoms with E-state index in [1.165, 1.54) is 17.6 Å². The number of hydrogen-bond donors (Lipinski definition) is 0. The monoisotopic (exact) mass is 279 g/mol. The molecular weight excluding hydrogens is 262 g/mol. The molecule has 1 aromatic heterocycles. The van der Waals surface area contributed by atoms with Crippen molar-refractivity contribution < 1.29 is 0 Å². The van der Waals surface area contributed by atoms with Gasteiger partial charge in [-0.1, -0.05) is 43.6 Å². The second-order valence-electron chi connectivity index (χ2n) is 4.87. The lowest BCUT2D eigenvalue weighted by atomic mass is 10.2. The fourth-order valence-corrected chi connectivity index (χ4v) is 3.25. The van der Waals surface area contributed by atoms with E-state index >= 15 is 0 Å². The minimum atomic E-state index is 0.644. The van der Waals surface area contributed by atoms with Crippen LogP contribution in [0.3, 0.4) is 0 Å². The van der Waals surface area contributed by atoms with Gasteiger partial charge >= 0.3 is 0 Å². The van der Waals surface area contributed by atoms with E-state index in [0.29, 0.717) is 5.15 Å². The first-order valence-electron chi connectivity index (χ1n) is 6.28. The predicted molar refractivity (Wildman–Crippen MR) is 82.4 cm³/mol. The zero-order chi connectivity index (χ0) is 13.0. The van der Waals surface area contributed by atoms with Crippen molar-refractivity contribution in [3.63, 3.8) is 0 Å². The normalized spacial score (nSPS) is 11.3. The first-order valence-corrected chi connectivity index (χ1v) is 7.82. The zero-order valence-corrected chi connectivity index (χ0v) is 12.4. The molecule has 0 aliphatic carbocycles. The van der Waals surface area contributed by atoms with Gasteiger partial charge < -0.3 is 0 Å². The number of hydrogen-bond acceptors (Lipinski definition) is 2. The summed E-state index contributed by atoms with van der Waals surface area (Å²) in [5.74, 6) is 2.90. The second kappa shape index (κ2) is 6.44. The fraction of sp³-hybridized carbons (Fsp3) is 0.400. The molecule has 0 aliphatic heterocycles. The smallest absolute Gasteiger partial charge is 0.133 e. The largest absolute Gasteiger partial charge is 0.236 e. The summed E-state index contributed by atoms with van der Waals surface area (Å²) in [6.07, 6.45) is 1.25. The third kappa shape index (κ3) is 3.63. The summed E-state index contributed by atoms with van der Waals surface area (Å²) >= 11 is 8.15. The van der Waals surface area contributed by atoms with Crippen LogP contribution in [0.4, 0.5) is 0 Å². The van der Waals surface area contributed by atoms with E-state index in [2.05, 4.69) is 31.0 Å². The number of benzene rings is 1. The summed E-state index contributed by atoms with van der Waals surface area (Å²) in [6, 6.07) is 10.3. The third-order valence-corrected chi connectivity index (χ3v) is 4.21. The Morgan fingerprint density at radius 1 is 1.28 bits per heavy atom. The molecule has 0 saturated carbocycles. The number of aromatic nitrogens is 1. The molecule has 0 atom stereocenters. The molecule has 18 heavy (non-hydrogen) atoms.